The van der Waals surface area contributed by atoms with Gasteiger partial charge in [-0.3, -0.25) is 4.79 Å². The molecule has 14 heteroatoms. The molecule has 0 spiro atoms. The fraction of sp³-hybridized carbons (Fsp3) is 0.308. The molecule has 0 unspecified atom stereocenters. The number of aromatic nitrogens is 2. The highest BCUT2D eigenvalue weighted by Crippen LogP contribution is 2.39. The van der Waals surface area contributed by atoms with Gasteiger partial charge >= 0.3 is 19.2 Å². The van der Waals surface area contributed by atoms with Gasteiger partial charge in [-0.2, -0.15) is 17.6 Å². The molecule has 53 heavy (non-hydrogen) atoms. The number of ether oxygens (including phenoxy) is 3. The zero-order valence-electron chi connectivity index (χ0n) is 29.3. The zero-order valence-corrected chi connectivity index (χ0v) is 29.3. The van der Waals surface area contributed by atoms with Crippen molar-refractivity contribution < 1.29 is 45.4 Å². The van der Waals surface area contributed by atoms with Gasteiger partial charge in [-0.15, -0.1) is 0 Å². The molecule has 1 N–H and O–H groups in total. The van der Waals surface area contributed by atoms with Crippen LogP contribution < -0.4 is 14.8 Å². The summed E-state index contributed by atoms with van der Waals surface area (Å²) < 4.78 is 80.4. The van der Waals surface area contributed by atoms with Gasteiger partial charge in [0.25, 0.3) is 0 Å². The monoisotopic (exact) mass is 732 g/mol. The molecule has 2 aromatic heterocycles. The van der Waals surface area contributed by atoms with Crippen molar-refractivity contribution >= 4 is 28.2 Å². The van der Waals surface area contributed by atoms with Gasteiger partial charge in [0.2, 0.25) is 11.8 Å². The van der Waals surface area contributed by atoms with Crippen LogP contribution in [0.15, 0.2) is 69.5 Å². The summed E-state index contributed by atoms with van der Waals surface area (Å²) in [6.45, 7) is -1.43. The molecule has 0 radical (unpaired) electrons. The summed E-state index contributed by atoms with van der Waals surface area (Å²) in [6.07, 6.45) is 1.49. The van der Waals surface area contributed by atoms with E-state index < -0.39 is 25.2 Å². The average molecular weight is 733 g/mol. The van der Waals surface area contributed by atoms with Crippen molar-refractivity contribution in [2.45, 2.75) is 59.1 Å². The van der Waals surface area contributed by atoms with Crippen molar-refractivity contribution in [3.05, 3.63) is 82.9 Å². The fourth-order valence-electron chi connectivity index (χ4n) is 6.67. The lowest BCUT2D eigenvalue weighted by atomic mass is 9.91. The standard InChI is InChI=1S/C39H36F4N4O6/c1-20-24(8-5-10-26(20)35-45-29-14-22(18-47(3)4)31(52-38(40)41)16-33(29)50-35)25-9-6-11-27(21(25)2)36-46-30-15-23(19-49-37(48)28-12-7-13-44-28)32(53-39(42)43)17-34(30)51-36/h5-6,8-11,14-17,28,38-39,44H,7,12-13,18-19H2,1-4H3/t28-/m0/s1. The molecule has 4 aromatic carbocycles. The van der Waals surface area contributed by atoms with Crippen molar-refractivity contribution in [2.75, 3.05) is 20.6 Å². The Morgan fingerprint density at radius 1 is 0.811 bits per heavy atom. The first-order valence-electron chi connectivity index (χ1n) is 17.0. The van der Waals surface area contributed by atoms with Crippen LogP contribution in [-0.2, 0) is 22.7 Å². The van der Waals surface area contributed by atoms with E-state index in [4.69, 9.17) is 28.0 Å². The van der Waals surface area contributed by atoms with Gasteiger partial charge in [0.1, 0.15) is 35.2 Å². The van der Waals surface area contributed by atoms with Crippen molar-refractivity contribution in [1.82, 2.24) is 20.2 Å². The highest BCUT2D eigenvalue weighted by molar-refractivity contribution is 5.85. The highest BCUT2D eigenvalue weighted by Gasteiger charge is 2.25. The Morgan fingerprint density at radius 2 is 1.32 bits per heavy atom. The van der Waals surface area contributed by atoms with Gasteiger partial charge in [-0.05, 0) is 93.8 Å². The Labute approximate surface area is 301 Å². The van der Waals surface area contributed by atoms with E-state index in [1.165, 1.54) is 18.2 Å². The lowest BCUT2D eigenvalue weighted by Crippen LogP contribution is -2.32. The second-order valence-electron chi connectivity index (χ2n) is 13.1. The molecule has 1 fully saturated rings. The number of oxazole rings is 2. The number of alkyl halides is 4. The van der Waals surface area contributed by atoms with E-state index in [0.717, 1.165) is 28.7 Å². The third-order valence-corrected chi connectivity index (χ3v) is 9.19. The SMILES string of the molecule is Cc1c(-c2nc3cc(COC(=O)[C@@H]4CCCN4)c(OC(F)F)cc3o2)cccc1-c1cccc(-c2nc3cc(CN(C)C)c(OC(F)F)cc3o2)c1C. The molecule has 10 nitrogen and oxygen atoms in total. The first kappa shape index (κ1) is 35.9. The summed E-state index contributed by atoms with van der Waals surface area (Å²) in [5.74, 6) is -0.0340. The van der Waals surface area contributed by atoms with Gasteiger partial charge in [0.15, 0.2) is 11.2 Å². The molecule has 7 rings (SSSR count). The van der Waals surface area contributed by atoms with Gasteiger partial charge in [0, 0.05) is 40.9 Å². The number of benzene rings is 4. The molecule has 0 amide bonds. The van der Waals surface area contributed by atoms with Crippen LogP contribution in [0.4, 0.5) is 17.6 Å². The smallest absolute Gasteiger partial charge is 0.387 e. The Morgan fingerprint density at radius 3 is 1.81 bits per heavy atom. The number of esters is 1. The summed E-state index contributed by atoms with van der Waals surface area (Å²) >= 11 is 0. The Bertz CT molecular complexity index is 2250. The third kappa shape index (κ3) is 7.55. The molecule has 0 aliphatic carbocycles. The number of hydrogen-bond acceptors (Lipinski definition) is 10. The van der Waals surface area contributed by atoms with Crippen LogP contribution in [-0.4, -0.2) is 60.7 Å². The van der Waals surface area contributed by atoms with Crippen LogP contribution in [0.5, 0.6) is 11.5 Å². The average Bonchev–Trinajstić information content (AvgIpc) is 3.87. The largest absolute Gasteiger partial charge is 0.460 e. The van der Waals surface area contributed by atoms with Gasteiger partial charge < -0.3 is 33.3 Å². The van der Waals surface area contributed by atoms with E-state index >= 15 is 0 Å². The number of nitrogens with one attached hydrogen (secondary N) is 1. The number of nitrogens with zero attached hydrogens (tertiary/aromatic N) is 3. The number of carbonyl (C=O) groups excluding carboxylic acids is 1. The van der Waals surface area contributed by atoms with E-state index in [9.17, 15) is 22.4 Å². The van der Waals surface area contributed by atoms with Crippen molar-refractivity contribution in [3.63, 3.8) is 0 Å². The molecule has 3 heterocycles. The van der Waals surface area contributed by atoms with Crippen molar-refractivity contribution in [3.8, 4) is 45.5 Å². The van der Waals surface area contributed by atoms with E-state index in [-0.39, 0.29) is 35.1 Å². The van der Waals surface area contributed by atoms with Crippen LogP contribution in [0.2, 0.25) is 0 Å². The quantitative estimate of drug-likeness (QED) is 0.0970. The maximum Gasteiger partial charge on any atom is 0.387 e. The molecule has 1 saturated heterocycles. The molecule has 0 bridgehead atoms. The first-order valence-corrected chi connectivity index (χ1v) is 17.0. The van der Waals surface area contributed by atoms with E-state index in [2.05, 4.69) is 10.3 Å². The topological polar surface area (TPSA) is 112 Å². The summed E-state index contributed by atoms with van der Waals surface area (Å²) in [5, 5.41) is 3.06. The number of fused-ring (bicyclic) bond motifs is 2. The van der Waals surface area contributed by atoms with Crippen molar-refractivity contribution in [1.29, 1.82) is 0 Å². The molecule has 1 atom stereocenters. The zero-order chi connectivity index (χ0) is 37.4. The molecular formula is C39H36F4N4O6. The number of carbonyl (C=O) groups is 1. The molecule has 6 aromatic rings. The second-order valence-corrected chi connectivity index (χ2v) is 13.1. The van der Waals surface area contributed by atoms with Gasteiger partial charge in [-0.25, -0.2) is 9.97 Å². The lowest BCUT2D eigenvalue weighted by molar-refractivity contribution is -0.147. The summed E-state index contributed by atoms with van der Waals surface area (Å²) in [4.78, 5) is 23.7. The van der Waals surface area contributed by atoms with Gasteiger partial charge in [-0.1, -0.05) is 24.3 Å². The maximum absolute atomic E-state index is 13.4. The minimum atomic E-state index is -3.11. The van der Waals surface area contributed by atoms with Crippen LogP contribution in [0.3, 0.4) is 0 Å². The Hall–Kier alpha value is -5.47. The second kappa shape index (κ2) is 14.9. The number of hydrogen-bond donors (Lipinski definition) is 1. The minimum absolute atomic E-state index is 0.0234. The van der Waals surface area contributed by atoms with Crippen molar-refractivity contribution in [2.24, 2.45) is 0 Å². The van der Waals surface area contributed by atoms with E-state index in [1.54, 1.807) is 6.07 Å². The molecule has 1 aliphatic heterocycles. The third-order valence-electron chi connectivity index (χ3n) is 9.19. The van der Waals surface area contributed by atoms with Crippen LogP contribution in [0, 0.1) is 13.8 Å². The summed E-state index contributed by atoms with van der Waals surface area (Å²) in [5.41, 5.74) is 7.01. The summed E-state index contributed by atoms with van der Waals surface area (Å²) in [6, 6.07) is 16.9. The van der Waals surface area contributed by atoms with E-state index in [0.29, 0.717) is 58.7 Å². The molecule has 276 valence electrons. The van der Waals surface area contributed by atoms with Crippen LogP contribution >= 0.6 is 0 Å². The van der Waals surface area contributed by atoms with Crippen LogP contribution in [0.1, 0.15) is 35.1 Å². The lowest BCUT2D eigenvalue weighted by Gasteiger charge is -2.14. The van der Waals surface area contributed by atoms with E-state index in [1.807, 2.05) is 69.2 Å². The predicted molar refractivity (Wildman–Crippen MR) is 189 cm³/mol. The maximum atomic E-state index is 13.4. The van der Waals surface area contributed by atoms with Gasteiger partial charge in [0.05, 0.1) is 0 Å². The molecule has 1 aliphatic rings. The fourth-order valence-corrected chi connectivity index (χ4v) is 6.67. The number of halogens is 4. The Kier molecular flexibility index (Phi) is 10.1. The normalized spacial score (nSPS) is 14.7. The van der Waals surface area contributed by atoms with Crippen LogP contribution in [0.25, 0.3) is 56.2 Å². The minimum Gasteiger partial charge on any atom is -0.460 e. The molecular weight excluding hydrogens is 696 g/mol. The summed E-state index contributed by atoms with van der Waals surface area (Å²) in [7, 11) is 3.66. The first-order chi connectivity index (χ1) is 25.4. The predicted octanol–water partition coefficient (Wildman–Crippen LogP) is 8.65. The Balaban J connectivity index is 1.22. The number of rotatable bonds is 12. The molecule has 0 saturated carbocycles. The highest BCUT2D eigenvalue weighted by atomic mass is 19.3.